The second kappa shape index (κ2) is 6.79. The molecule has 0 aliphatic rings. The number of rotatable bonds is 5. The second-order valence-electron chi connectivity index (χ2n) is 5.01. The fraction of sp³-hybridized carbons (Fsp3) is 0.111. The summed E-state index contributed by atoms with van der Waals surface area (Å²) < 4.78 is 10.7. The number of hydrogen-bond acceptors (Lipinski definition) is 4. The lowest BCUT2D eigenvalue weighted by atomic mass is 10.1. The molecular weight excluding hydrogens is 292 g/mol. The van der Waals surface area contributed by atoms with Crippen LogP contribution in [0.1, 0.15) is 12.7 Å². The highest BCUT2D eigenvalue weighted by Gasteiger charge is 2.04. The molecule has 0 spiro atoms. The lowest BCUT2D eigenvalue weighted by Gasteiger charge is -2.06. The predicted molar refractivity (Wildman–Crippen MR) is 88.5 cm³/mol. The van der Waals surface area contributed by atoms with Crippen LogP contribution in [0.5, 0.6) is 5.75 Å². The fourth-order valence-electron chi connectivity index (χ4n) is 2.12. The molecule has 0 aliphatic heterocycles. The quantitative estimate of drug-likeness (QED) is 0.580. The van der Waals surface area contributed by atoms with Crippen LogP contribution in [-0.4, -0.2) is 18.2 Å². The van der Waals surface area contributed by atoms with E-state index >= 15 is 0 Å². The molecule has 0 atom stereocenters. The minimum absolute atomic E-state index is 0.104. The van der Waals surface area contributed by atoms with Gasteiger partial charge >= 0.3 is 0 Å². The van der Waals surface area contributed by atoms with Crippen molar-refractivity contribution < 1.29 is 13.9 Å². The number of hydrogen-bond donors (Lipinski definition) is 1. The molecule has 0 fully saturated rings. The molecule has 1 aromatic heterocycles. The maximum absolute atomic E-state index is 11.8. The monoisotopic (exact) mass is 308 g/mol. The van der Waals surface area contributed by atoms with Crippen molar-refractivity contribution in [1.29, 1.82) is 0 Å². The van der Waals surface area contributed by atoms with Gasteiger partial charge in [0.1, 0.15) is 17.2 Å². The standard InChI is InChI=1S/C18H16N2O3/c1-13(17-7-4-10-22-17)19-20-18(21)12-23-16-9-8-14-5-2-3-6-15(14)11-16/h2-11H,12H2,1H3,(H,20,21)/b19-13+. The van der Waals surface area contributed by atoms with Crippen molar-refractivity contribution in [2.75, 3.05) is 6.61 Å². The number of nitrogens with zero attached hydrogens (tertiary/aromatic N) is 1. The maximum Gasteiger partial charge on any atom is 0.277 e. The average molecular weight is 308 g/mol. The van der Waals surface area contributed by atoms with E-state index in [4.69, 9.17) is 9.15 Å². The topological polar surface area (TPSA) is 63.8 Å². The van der Waals surface area contributed by atoms with Crippen molar-refractivity contribution in [3.63, 3.8) is 0 Å². The molecule has 0 saturated heterocycles. The fourth-order valence-corrected chi connectivity index (χ4v) is 2.12. The SMILES string of the molecule is C/C(=N\NC(=O)COc1ccc2ccccc2c1)c1ccco1. The van der Waals surface area contributed by atoms with Crippen molar-refractivity contribution in [3.8, 4) is 5.75 Å². The zero-order valence-electron chi connectivity index (χ0n) is 12.7. The highest BCUT2D eigenvalue weighted by atomic mass is 16.5. The van der Waals surface area contributed by atoms with E-state index in [-0.39, 0.29) is 12.5 Å². The Bertz CT molecular complexity index is 838. The molecule has 0 saturated carbocycles. The number of carbonyl (C=O) groups is 1. The zero-order valence-corrected chi connectivity index (χ0v) is 12.7. The van der Waals surface area contributed by atoms with Crippen LogP contribution in [-0.2, 0) is 4.79 Å². The summed E-state index contributed by atoms with van der Waals surface area (Å²) in [6.45, 7) is 1.65. The normalized spacial score (nSPS) is 11.4. The van der Waals surface area contributed by atoms with Gasteiger partial charge in [-0.2, -0.15) is 5.10 Å². The van der Waals surface area contributed by atoms with E-state index in [1.165, 1.54) is 0 Å². The molecule has 0 aliphatic carbocycles. The van der Waals surface area contributed by atoms with E-state index in [1.807, 2.05) is 42.5 Å². The van der Waals surface area contributed by atoms with Crippen molar-refractivity contribution in [1.82, 2.24) is 5.43 Å². The van der Waals surface area contributed by atoms with E-state index in [2.05, 4.69) is 10.5 Å². The molecule has 23 heavy (non-hydrogen) atoms. The van der Waals surface area contributed by atoms with Crippen LogP contribution >= 0.6 is 0 Å². The van der Waals surface area contributed by atoms with Crippen LogP contribution in [0.2, 0.25) is 0 Å². The van der Waals surface area contributed by atoms with E-state index in [9.17, 15) is 4.79 Å². The number of amides is 1. The van der Waals surface area contributed by atoms with E-state index in [1.54, 1.807) is 25.3 Å². The molecule has 116 valence electrons. The Balaban J connectivity index is 1.56. The van der Waals surface area contributed by atoms with Crippen molar-refractivity contribution in [2.45, 2.75) is 6.92 Å². The largest absolute Gasteiger partial charge is 0.484 e. The van der Waals surface area contributed by atoms with Gasteiger partial charge in [-0.1, -0.05) is 30.3 Å². The van der Waals surface area contributed by atoms with Crippen LogP contribution in [0.15, 0.2) is 70.4 Å². The van der Waals surface area contributed by atoms with Crippen LogP contribution < -0.4 is 10.2 Å². The smallest absolute Gasteiger partial charge is 0.277 e. The molecule has 0 radical (unpaired) electrons. The molecular formula is C18H16N2O3. The number of fused-ring (bicyclic) bond motifs is 1. The van der Waals surface area contributed by atoms with Crippen molar-refractivity contribution in [2.24, 2.45) is 5.10 Å². The van der Waals surface area contributed by atoms with Crippen molar-refractivity contribution in [3.05, 3.63) is 66.6 Å². The summed E-state index contributed by atoms with van der Waals surface area (Å²) in [6, 6.07) is 17.2. The Labute approximate surface area is 133 Å². The zero-order chi connectivity index (χ0) is 16.1. The minimum atomic E-state index is -0.330. The number of hydrazone groups is 1. The lowest BCUT2D eigenvalue weighted by molar-refractivity contribution is -0.123. The molecule has 5 nitrogen and oxygen atoms in total. The highest BCUT2D eigenvalue weighted by Crippen LogP contribution is 2.20. The number of furan rings is 1. The van der Waals surface area contributed by atoms with E-state index < -0.39 is 0 Å². The van der Waals surface area contributed by atoms with Gasteiger partial charge in [-0.15, -0.1) is 0 Å². The first-order valence-electron chi connectivity index (χ1n) is 7.21. The van der Waals surface area contributed by atoms with Gasteiger partial charge < -0.3 is 9.15 Å². The van der Waals surface area contributed by atoms with Crippen LogP contribution in [0, 0.1) is 0 Å². The van der Waals surface area contributed by atoms with Gasteiger partial charge in [0.05, 0.1) is 6.26 Å². The number of nitrogens with one attached hydrogen (secondary N) is 1. The van der Waals surface area contributed by atoms with Gasteiger partial charge in [0.2, 0.25) is 0 Å². The molecule has 3 rings (SSSR count). The second-order valence-corrected chi connectivity index (χ2v) is 5.01. The Morgan fingerprint density at radius 1 is 1.13 bits per heavy atom. The van der Waals surface area contributed by atoms with Gasteiger partial charge in [-0.25, -0.2) is 5.43 Å². The molecule has 3 aromatic rings. The van der Waals surface area contributed by atoms with E-state index in [0.717, 1.165) is 10.8 Å². The van der Waals surface area contributed by atoms with Crippen LogP contribution in [0.3, 0.4) is 0 Å². The Kier molecular flexibility index (Phi) is 4.38. The molecule has 0 bridgehead atoms. The first-order chi connectivity index (χ1) is 11.2. The first-order valence-corrected chi connectivity index (χ1v) is 7.21. The predicted octanol–water partition coefficient (Wildman–Crippen LogP) is 3.35. The lowest BCUT2D eigenvalue weighted by Crippen LogP contribution is -2.25. The van der Waals surface area contributed by atoms with Gasteiger partial charge in [-0.3, -0.25) is 4.79 Å². The molecule has 1 N–H and O–H groups in total. The number of ether oxygens (including phenoxy) is 1. The third kappa shape index (κ3) is 3.77. The molecule has 2 aromatic carbocycles. The maximum atomic E-state index is 11.8. The third-order valence-corrected chi connectivity index (χ3v) is 3.32. The summed E-state index contributed by atoms with van der Waals surface area (Å²) in [5.41, 5.74) is 3.03. The van der Waals surface area contributed by atoms with Crippen LogP contribution in [0.25, 0.3) is 10.8 Å². The average Bonchev–Trinajstić information content (AvgIpc) is 3.12. The van der Waals surface area contributed by atoms with E-state index in [0.29, 0.717) is 17.2 Å². The Morgan fingerprint density at radius 3 is 2.74 bits per heavy atom. The summed E-state index contributed by atoms with van der Waals surface area (Å²) in [6.07, 6.45) is 1.55. The molecule has 0 unspecified atom stereocenters. The van der Waals surface area contributed by atoms with Gasteiger partial charge in [0.25, 0.3) is 5.91 Å². The van der Waals surface area contributed by atoms with Gasteiger partial charge in [-0.05, 0) is 42.0 Å². The minimum Gasteiger partial charge on any atom is -0.484 e. The third-order valence-electron chi connectivity index (χ3n) is 3.32. The van der Waals surface area contributed by atoms with Gasteiger partial charge in [0, 0.05) is 0 Å². The first kappa shape index (κ1) is 14.8. The Hall–Kier alpha value is -3.08. The molecule has 5 heteroatoms. The number of benzene rings is 2. The van der Waals surface area contributed by atoms with Gasteiger partial charge in [0.15, 0.2) is 6.61 Å². The summed E-state index contributed by atoms with van der Waals surface area (Å²) in [5, 5.41) is 6.17. The molecule has 1 heterocycles. The Morgan fingerprint density at radius 2 is 1.96 bits per heavy atom. The molecule has 1 amide bonds. The summed E-state index contributed by atoms with van der Waals surface area (Å²) in [4.78, 5) is 11.8. The summed E-state index contributed by atoms with van der Waals surface area (Å²) in [5.74, 6) is 0.926. The van der Waals surface area contributed by atoms with Crippen molar-refractivity contribution >= 4 is 22.4 Å². The number of carbonyl (C=O) groups excluding carboxylic acids is 1. The highest BCUT2D eigenvalue weighted by molar-refractivity contribution is 5.96. The summed E-state index contributed by atoms with van der Waals surface area (Å²) >= 11 is 0. The van der Waals surface area contributed by atoms with Crippen LogP contribution in [0.4, 0.5) is 0 Å². The summed E-state index contributed by atoms with van der Waals surface area (Å²) in [7, 11) is 0.